The molecule has 13 nitrogen and oxygen atoms in total. The fourth-order valence-electron chi connectivity index (χ4n) is 5.24. The Morgan fingerprint density at radius 1 is 0.575 bits per heavy atom. The summed E-state index contributed by atoms with van der Waals surface area (Å²) in [4.78, 5) is 92.2. The zero-order chi connectivity index (χ0) is 29.9. The standard InChI is InChI=1S/C27H42N4O9/c1-25(2)13-19(32)7-10-29(25)38-22(35)16-28(17-23(36)39-30-11-8-20(33)14-26(30,3)4)18-24(37)40-31-12-9-21(34)15-27(31,5)6/h7-18H2,1-6H3. The molecule has 0 radical (unpaired) electrons. The summed E-state index contributed by atoms with van der Waals surface area (Å²) < 4.78 is 0. The third kappa shape index (κ3) is 8.63. The number of carbonyl (C=O) groups excluding carboxylic acids is 6. The van der Waals surface area contributed by atoms with Crippen molar-refractivity contribution in [3.8, 4) is 0 Å². The minimum absolute atomic E-state index is 0.0779. The molecule has 0 spiro atoms. The fraction of sp³-hybridized carbons (Fsp3) is 0.778. The second-order valence-corrected chi connectivity index (χ2v) is 12.7. The Hall–Kier alpha value is -2.74. The van der Waals surface area contributed by atoms with Crippen molar-refractivity contribution in [3.05, 3.63) is 0 Å². The number of carbonyl (C=O) groups is 6. The van der Waals surface area contributed by atoms with Crippen LogP contribution in [-0.4, -0.2) is 111 Å². The van der Waals surface area contributed by atoms with Crippen LogP contribution in [0.1, 0.15) is 80.1 Å². The average molecular weight is 567 g/mol. The molecule has 0 bridgehead atoms. The van der Waals surface area contributed by atoms with E-state index in [4.69, 9.17) is 14.5 Å². The van der Waals surface area contributed by atoms with Gasteiger partial charge >= 0.3 is 17.9 Å². The first-order chi connectivity index (χ1) is 18.5. The van der Waals surface area contributed by atoms with Crippen molar-refractivity contribution >= 4 is 35.3 Å². The van der Waals surface area contributed by atoms with Crippen LogP contribution in [0.2, 0.25) is 0 Å². The van der Waals surface area contributed by atoms with Crippen LogP contribution in [0.25, 0.3) is 0 Å². The lowest BCUT2D eigenvalue weighted by Gasteiger charge is -2.40. The van der Waals surface area contributed by atoms with E-state index in [1.54, 1.807) is 41.5 Å². The molecule has 3 heterocycles. The highest BCUT2D eigenvalue weighted by atomic mass is 16.7. The van der Waals surface area contributed by atoms with Crippen LogP contribution in [-0.2, 0) is 43.3 Å². The van der Waals surface area contributed by atoms with Crippen molar-refractivity contribution in [2.24, 2.45) is 0 Å². The van der Waals surface area contributed by atoms with E-state index in [9.17, 15) is 28.8 Å². The Bertz CT molecular complexity index is 911. The topological polar surface area (TPSA) is 143 Å². The van der Waals surface area contributed by atoms with Crippen molar-refractivity contribution in [2.45, 2.75) is 96.7 Å². The third-order valence-corrected chi connectivity index (χ3v) is 7.39. The summed E-state index contributed by atoms with van der Waals surface area (Å²) >= 11 is 0. The molecule has 40 heavy (non-hydrogen) atoms. The molecule has 3 rings (SSSR count). The summed E-state index contributed by atoms with van der Waals surface area (Å²) in [5.74, 6) is -1.90. The van der Waals surface area contributed by atoms with Gasteiger partial charge in [-0.2, -0.15) is 0 Å². The molecule has 0 amide bonds. The van der Waals surface area contributed by atoms with Crippen molar-refractivity contribution in [2.75, 3.05) is 39.3 Å². The van der Waals surface area contributed by atoms with E-state index in [0.29, 0.717) is 0 Å². The molecule has 3 fully saturated rings. The van der Waals surface area contributed by atoms with E-state index in [1.165, 1.54) is 20.1 Å². The Balaban J connectivity index is 1.66. The van der Waals surface area contributed by atoms with E-state index in [1.807, 2.05) is 0 Å². The highest BCUT2D eigenvalue weighted by molar-refractivity contribution is 5.82. The monoisotopic (exact) mass is 566 g/mol. The Kier molecular flexibility index (Phi) is 9.86. The third-order valence-electron chi connectivity index (χ3n) is 7.39. The van der Waals surface area contributed by atoms with E-state index >= 15 is 0 Å². The van der Waals surface area contributed by atoms with Gasteiger partial charge in [-0.15, -0.1) is 15.2 Å². The number of ketones is 3. The summed E-state index contributed by atoms with van der Waals surface area (Å²) in [6.45, 7) is 10.2. The highest BCUT2D eigenvalue weighted by Gasteiger charge is 2.40. The highest BCUT2D eigenvalue weighted by Crippen LogP contribution is 2.28. The zero-order valence-corrected chi connectivity index (χ0v) is 24.4. The molecule has 0 aromatic rings. The van der Waals surface area contributed by atoms with Gasteiger partial charge in [-0.05, 0) is 41.5 Å². The van der Waals surface area contributed by atoms with E-state index in [2.05, 4.69) is 0 Å². The van der Waals surface area contributed by atoms with Crippen LogP contribution in [0, 0.1) is 0 Å². The summed E-state index contributed by atoms with van der Waals surface area (Å²) in [6, 6.07) is 0. The summed E-state index contributed by atoms with van der Waals surface area (Å²) in [5, 5.41) is 4.35. The van der Waals surface area contributed by atoms with Crippen LogP contribution in [0.3, 0.4) is 0 Å². The molecule has 0 aromatic heterocycles. The van der Waals surface area contributed by atoms with Gasteiger partial charge in [-0.25, -0.2) is 14.4 Å². The number of rotatable bonds is 9. The molecular formula is C27H42N4O9. The normalized spacial score (nSPS) is 23.6. The molecule has 0 aliphatic carbocycles. The van der Waals surface area contributed by atoms with Gasteiger partial charge in [0, 0.05) is 58.2 Å². The van der Waals surface area contributed by atoms with Crippen molar-refractivity contribution in [1.29, 1.82) is 0 Å². The Morgan fingerprint density at radius 3 is 1.05 bits per heavy atom. The van der Waals surface area contributed by atoms with E-state index < -0.39 is 54.2 Å². The maximum Gasteiger partial charge on any atom is 0.339 e. The molecule has 3 saturated heterocycles. The molecule has 0 unspecified atom stereocenters. The Labute approximate surface area is 234 Å². The van der Waals surface area contributed by atoms with Gasteiger partial charge in [-0.3, -0.25) is 19.3 Å². The molecular weight excluding hydrogens is 524 g/mol. The fourth-order valence-corrected chi connectivity index (χ4v) is 5.24. The first-order valence-corrected chi connectivity index (χ1v) is 13.7. The number of hydroxylamine groups is 6. The first kappa shape index (κ1) is 31.8. The molecule has 0 atom stereocenters. The number of nitrogens with zero attached hydrogens (tertiary/aromatic N) is 4. The predicted octanol–water partition coefficient (Wildman–Crippen LogP) is 0.994. The van der Waals surface area contributed by atoms with Crippen LogP contribution < -0.4 is 0 Å². The lowest BCUT2D eigenvalue weighted by molar-refractivity contribution is -0.231. The largest absolute Gasteiger partial charge is 0.366 e. The molecule has 224 valence electrons. The van der Waals surface area contributed by atoms with Crippen LogP contribution in [0.15, 0.2) is 0 Å². The number of piperidine rings is 3. The van der Waals surface area contributed by atoms with Crippen molar-refractivity contribution in [1.82, 2.24) is 20.1 Å². The maximum absolute atomic E-state index is 12.9. The van der Waals surface area contributed by atoms with Gasteiger partial charge in [0.25, 0.3) is 0 Å². The van der Waals surface area contributed by atoms with Crippen LogP contribution in [0.4, 0.5) is 0 Å². The quantitative estimate of drug-likeness (QED) is 0.392. The minimum Gasteiger partial charge on any atom is -0.366 e. The molecule has 0 N–H and O–H groups in total. The maximum atomic E-state index is 12.9. The smallest absolute Gasteiger partial charge is 0.339 e. The molecule has 0 saturated carbocycles. The molecule has 13 heteroatoms. The number of Topliss-reactive ketones (excluding diaryl/α,β-unsaturated/α-hetero) is 3. The van der Waals surface area contributed by atoms with E-state index in [-0.39, 0.29) is 75.5 Å². The SMILES string of the molecule is CC1(C)CC(=O)CCN1OC(=O)CN(CC(=O)ON1CCC(=O)CC1(C)C)CC(=O)ON1CCC(=O)CC1(C)C. The zero-order valence-electron chi connectivity index (χ0n) is 24.4. The second-order valence-electron chi connectivity index (χ2n) is 12.7. The second kappa shape index (κ2) is 12.4. The predicted molar refractivity (Wildman–Crippen MR) is 140 cm³/mol. The van der Waals surface area contributed by atoms with Gasteiger partial charge in [0.05, 0.1) is 36.3 Å². The Morgan fingerprint density at radius 2 is 0.825 bits per heavy atom. The van der Waals surface area contributed by atoms with Crippen LogP contribution >= 0.6 is 0 Å². The molecule has 0 aromatic carbocycles. The van der Waals surface area contributed by atoms with Gasteiger partial charge in [0.15, 0.2) is 0 Å². The van der Waals surface area contributed by atoms with Gasteiger partial charge in [-0.1, -0.05) is 0 Å². The minimum atomic E-state index is -0.712. The van der Waals surface area contributed by atoms with E-state index in [0.717, 1.165) is 0 Å². The molecule has 3 aliphatic heterocycles. The molecule has 3 aliphatic rings. The van der Waals surface area contributed by atoms with Gasteiger partial charge < -0.3 is 14.5 Å². The van der Waals surface area contributed by atoms with Gasteiger partial charge in [0.2, 0.25) is 0 Å². The number of hydrogen-bond donors (Lipinski definition) is 0. The van der Waals surface area contributed by atoms with Crippen molar-refractivity contribution in [3.63, 3.8) is 0 Å². The van der Waals surface area contributed by atoms with Crippen molar-refractivity contribution < 1.29 is 43.3 Å². The first-order valence-electron chi connectivity index (χ1n) is 13.7. The lowest BCUT2D eigenvalue weighted by Crippen LogP contribution is -2.54. The summed E-state index contributed by atoms with van der Waals surface area (Å²) in [7, 11) is 0. The summed E-state index contributed by atoms with van der Waals surface area (Å²) in [5.41, 5.74) is -2.08. The lowest BCUT2D eigenvalue weighted by atomic mass is 9.92. The van der Waals surface area contributed by atoms with Crippen LogP contribution in [0.5, 0.6) is 0 Å². The number of hydrogen-bond acceptors (Lipinski definition) is 13. The summed E-state index contributed by atoms with van der Waals surface area (Å²) in [6.07, 6.45) is 1.44. The van der Waals surface area contributed by atoms with Gasteiger partial charge in [0.1, 0.15) is 17.3 Å². The average Bonchev–Trinajstić information content (AvgIpc) is 2.78.